The van der Waals surface area contributed by atoms with E-state index in [0.29, 0.717) is 17.4 Å². The van der Waals surface area contributed by atoms with Crippen molar-refractivity contribution in [3.8, 4) is 0 Å². The SMILES string of the molecule is CCCCCCCCCCCCCCCCCCCC(=O)OC(COC(=O)CCCCCCCCCCCCCC)COP(=O)(O)OCC[N+](C)(C)C. The fourth-order valence-corrected chi connectivity index (χ4v) is 7.11. The molecule has 0 heterocycles. The summed E-state index contributed by atoms with van der Waals surface area (Å²) in [6.07, 6.45) is 35.7. The molecule has 1 N–H and O–H groups in total. The third-order valence-corrected chi connectivity index (χ3v) is 10.9. The van der Waals surface area contributed by atoms with Gasteiger partial charge >= 0.3 is 19.8 Å². The molecule has 0 saturated carbocycles. The first-order valence-electron chi connectivity index (χ1n) is 22.3. The molecular formula is C43H87NO8P+. The number of esters is 2. The smallest absolute Gasteiger partial charge is 0.462 e. The van der Waals surface area contributed by atoms with Crippen LogP contribution in [0.5, 0.6) is 0 Å². The fourth-order valence-electron chi connectivity index (χ4n) is 6.37. The third kappa shape index (κ3) is 40.5. The van der Waals surface area contributed by atoms with Crippen LogP contribution in [0.2, 0.25) is 0 Å². The minimum absolute atomic E-state index is 0.0368. The monoisotopic (exact) mass is 777 g/mol. The molecule has 0 radical (unpaired) electrons. The van der Waals surface area contributed by atoms with E-state index in [4.69, 9.17) is 18.5 Å². The van der Waals surface area contributed by atoms with Crippen LogP contribution < -0.4 is 0 Å². The number of ether oxygens (including phenoxy) is 2. The Hall–Kier alpha value is -0.990. The van der Waals surface area contributed by atoms with Gasteiger partial charge in [0.05, 0.1) is 27.7 Å². The van der Waals surface area contributed by atoms with Gasteiger partial charge in [0, 0.05) is 12.8 Å². The number of hydrogen-bond donors (Lipinski definition) is 1. The highest BCUT2D eigenvalue weighted by molar-refractivity contribution is 7.47. The van der Waals surface area contributed by atoms with E-state index in [0.717, 1.165) is 38.5 Å². The highest BCUT2D eigenvalue weighted by atomic mass is 31.2. The van der Waals surface area contributed by atoms with Gasteiger partial charge in [0.2, 0.25) is 0 Å². The van der Waals surface area contributed by atoms with E-state index >= 15 is 0 Å². The van der Waals surface area contributed by atoms with Crippen molar-refractivity contribution in [3.63, 3.8) is 0 Å². The van der Waals surface area contributed by atoms with Crippen LogP contribution in [0.4, 0.5) is 0 Å². The molecule has 0 bridgehead atoms. The van der Waals surface area contributed by atoms with Gasteiger partial charge in [0.15, 0.2) is 6.10 Å². The number of unbranched alkanes of at least 4 members (excludes halogenated alkanes) is 27. The summed E-state index contributed by atoms with van der Waals surface area (Å²) in [6, 6.07) is 0. The van der Waals surface area contributed by atoms with Crippen LogP contribution in [0.1, 0.15) is 213 Å². The number of carbonyl (C=O) groups excluding carboxylic acids is 2. The molecule has 0 aliphatic carbocycles. The van der Waals surface area contributed by atoms with E-state index in [1.54, 1.807) is 0 Å². The Kier molecular flexibility index (Phi) is 36.0. The molecule has 0 amide bonds. The maximum Gasteiger partial charge on any atom is 0.472 e. The number of rotatable bonds is 41. The van der Waals surface area contributed by atoms with E-state index < -0.39 is 26.5 Å². The minimum atomic E-state index is -4.36. The van der Waals surface area contributed by atoms with Gasteiger partial charge in [0.25, 0.3) is 0 Å². The molecule has 2 atom stereocenters. The quantitative estimate of drug-likeness (QED) is 0.0283. The predicted octanol–water partition coefficient (Wildman–Crippen LogP) is 12.4. The molecule has 316 valence electrons. The Labute approximate surface area is 327 Å². The zero-order chi connectivity index (χ0) is 39.3. The molecule has 0 aromatic rings. The van der Waals surface area contributed by atoms with Gasteiger partial charge in [-0.05, 0) is 12.8 Å². The summed E-state index contributed by atoms with van der Waals surface area (Å²) in [7, 11) is 1.49. The van der Waals surface area contributed by atoms with Gasteiger partial charge in [-0.15, -0.1) is 0 Å². The Morgan fingerprint density at radius 1 is 0.509 bits per heavy atom. The highest BCUT2D eigenvalue weighted by Gasteiger charge is 2.27. The molecule has 0 aromatic heterocycles. The van der Waals surface area contributed by atoms with E-state index in [9.17, 15) is 19.0 Å². The Morgan fingerprint density at radius 3 is 1.21 bits per heavy atom. The lowest BCUT2D eigenvalue weighted by atomic mass is 10.0. The molecule has 53 heavy (non-hydrogen) atoms. The van der Waals surface area contributed by atoms with Gasteiger partial charge < -0.3 is 18.9 Å². The molecule has 0 rings (SSSR count). The second-order valence-corrected chi connectivity index (χ2v) is 17.9. The van der Waals surface area contributed by atoms with Crippen molar-refractivity contribution in [2.75, 3.05) is 47.5 Å². The molecule has 10 heteroatoms. The number of quaternary nitrogens is 1. The van der Waals surface area contributed by atoms with Crippen LogP contribution in [0, 0.1) is 0 Å². The predicted molar refractivity (Wildman–Crippen MR) is 220 cm³/mol. The number of likely N-dealkylation sites (N-methyl/N-ethyl adjacent to an activating group) is 1. The maximum absolute atomic E-state index is 12.7. The van der Waals surface area contributed by atoms with Gasteiger partial charge in [-0.1, -0.05) is 187 Å². The summed E-state index contributed by atoms with van der Waals surface area (Å²) in [5.74, 6) is -0.784. The lowest BCUT2D eigenvalue weighted by Gasteiger charge is -2.24. The second-order valence-electron chi connectivity index (χ2n) is 16.5. The Bertz CT molecular complexity index is 881. The fraction of sp³-hybridized carbons (Fsp3) is 0.953. The molecule has 0 fully saturated rings. The summed E-state index contributed by atoms with van der Waals surface area (Å²) >= 11 is 0. The first-order valence-corrected chi connectivity index (χ1v) is 23.8. The number of phosphoric acid groups is 1. The molecular weight excluding hydrogens is 689 g/mol. The molecule has 0 aliphatic rings. The summed E-state index contributed by atoms with van der Waals surface area (Å²) in [5, 5.41) is 0. The molecule has 2 unspecified atom stereocenters. The largest absolute Gasteiger partial charge is 0.472 e. The van der Waals surface area contributed by atoms with E-state index in [2.05, 4.69) is 13.8 Å². The average molecular weight is 777 g/mol. The zero-order valence-corrected chi connectivity index (χ0v) is 36.4. The average Bonchev–Trinajstić information content (AvgIpc) is 3.10. The minimum Gasteiger partial charge on any atom is -0.462 e. The van der Waals surface area contributed by atoms with Crippen molar-refractivity contribution in [3.05, 3.63) is 0 Å². The number of carbonyl (C=O) groups is 2. The van der Waals surface area contributed by atoms with Crippen molar-refractivity contribution in [2.45, 2.75) is 219 Å². The van der Waals surface area contributed by atoms with E-state index in [1.807, 2.05) is 21.1 Å². The van der Waals surface area contributed by atoms with Crippen LogP contribution in [0.15, 0.2) is 0 Å². The summed E-state index contributed by atoms with van der Waals surface area (Å²) in [6.45, 7) is 4.45. The molecule has 9 nitrogen and oxygen atoms in total. The Balaban J connectivity index is 4.29. The molecule has 0 saturated heterocycles. The van der Waals surface area contributed by atoms with Crippen LogP contribution in [-0.2, 0) is 32.7 Å². The molecule has 0 spiro atoms. The van der Waals surface area contributed by atoms with Crippen LogP contribution >= 0.6 is 7.82 Å². The zero-order valence-electron chi connectivity index (χ0n) is 35.5. The first-order chi connectivity index (χ1) is 25.5. The Morgan fingerprint density at radius 2 is 0.849 bits per heavy atom. The standard InChI is InChI=1S/C43H86NO8P/c1-6-8-10-12-14-16-18-20-21-22-23-24-26-28-30-32-34-36-43(46)52-41(40-51-53(47,48)50-38-37-44(3,4)5)39-49-42(45)35-33-31-29-27-25-19-17-15-13-11-9-7-2/h41H,6-40H2,1-5H3/p+1. The van der Waals surface area contributed by atoms with Crippen LogP contribution in [-0.4, -0.2) is 74.9 Å². The van der Waals surface area contributed by atoms with Crippen molar-refractivity contribution >= 4 is 19.8 Å². The second kappa shape index (κ2) is 36.6. The van der Waals surface area contributed by atoms with Gasteiger partial charge in [-0.25, -0.2) is 4.57 Å². The van der Waals surface area contributed by atoms with Gasteiger partial charge in [0.1, 0.15) is 19.8 Å². The van der Waals surface area contributed by atoms with Crippen LogP contribution in [0.25, 0.3) is 0 Å². The van der Waals surface area contributed by atoms with Gasteiger partial charge in [-0.2, -0.15) is 0 Å². The molecule has 0 aliphatic heterocycles. The number of nitrogens with zero attached hydrogens (tertiary/aromatic N) is 1. The number of phosphoric ester groups is 1. The van der Waals surface area contributed by atoms with Crippen molar-refractivity contribution in [2.24, 2.45) is 0 Å². The number of hydrogen-bond acceptors (Lipinski definition) is 7. The first kappa shape index (κ1) is 52.0. The van der Waals surface area contributed by atoms with E-state index in [-0.39, 0.29) is 25.6 Å². The lowest BCUT2D eigenvalue weighted by Crippen LogP contribution is -2.37. The third-order valence-electron chi connectivity index (χ3n) is 9.89. The summed E-state index contributed by atoms with van der Waals surface area (Å²) in [5.41, 5.74) is 0. The van der Waals surface area contributed by atoms with Crippen molar-refractivity contribution < 1.29 is 42.1 Å². The van der Waals surface area contributed by atoms with Crippen LogP contribution in [0.3, 0.4) is 0 Å². The van der Waals surface area contributed by atoms with E-state index in [1.165, 1.54) is 148 Å². The molecule has 0 aromatic carbocycles. The van der Waals surface area contributed by atoms with Crippen molar-refractivity contribution in [1.29, 1.82) is 0 Å². The highest BCUT2D eigenvalue weighted by Crippen LogP contribution is 2.43. The summed E-state index contributed by atoms with van der Waals surface area (Å²) < 4.78 is 34.3. The maximum atomic E-state index is 12.7. The lowest BCUT2D eigenvalue weighted by molar-refractivity contribution is -0.870. The van der Waals surface area contributed by atoms with Gasteiger partial charge in [-0.3, -0.25) is 18.6 Å². The summed E-state index contributed by atoms with van der Waals surface area (Å²) in [4.78, 5) is 35.3. The topological polar surface area (TPSA) is 108 Å². The normalized spacial score (nSPS) is 13.5. The van der Waals surface area contributed by atoms with Crippen molar-refractivity contribution in [1.82, 2.24) is 0 Å².